The first-order chi connectivity index (χ1) is 15.1. The van der Waals surface area contributed by atoms with Gasteiger partial charge in [0.15, 0.2) is 0 Å². The normalized spacial score (nSPS) is 11.5. The van der Waals surface area contributed by atoms with E-state index in [9.17, 15) is 8.42 Å². The van der Waals surface area contributed by atoms with Crippen LogP contribution in [0.1, 0.15) is 103 Å². The number of hydrogen-bond acceptors (Lipinski definition) is 3. The van der Waals surface area contributed by atoms with E-state index >= 15 is 0 Å². The Hall–Kier alpha value is -0.390. The van der Waals surface area contributed by atoms with Crippen LogP contribution in [0.3, 0.4) is 0 Å². The summed E-state index contributed by atoms with van der Waals surface area (Å²) in [5.74, 6) is 0. The number of benzene rings is 2. The first-order valence-electron chi connectivity index (χ1n) is 12.5. The van der Waals surface area contributed by atoms with E-state index in [1.165, 1.54) is 77.0 Å². The van der Waals surface area contributed by atoms with Crippen molar-refractivity contribution >= 4 is 50.4 Å². The largest absolute Gasteiger partial charge is 0.297 e. The van der Waals surface area contributed by atoms with Gasteiger partial charge >= 0.3 is 0 Å². The molecule has 0 saturated heterocycles. The van der Waals surface area contributed by atoms with Crippen molar-refractivity contribution in [2.24, 2.45) is 0 Å². The monoisotopic (exact) mass is 469 g/mol. The number of unbranched alkanes of at least 4 members (excludes halogenated alkanes) is 14. The van der Waals surface area contributed by atoms with Gasteiger partial charge in [-0.1, -0.05) is 133 Å². The zero-order chi connectivity index (χ0) is 22.2. The van der Waals surface area contributed by atoms with Gasteiger partial charge in [0.1, 0.15) is 4.90 Å². The quantitative estimate of drug-likeness (QED) is 0.126. The maximum atomic E-state index is 12.6. The van der Waals surface area contributed by atoms with Crippen LogP contribution in [0.5, 0.6) is 0 Å². The van der Waals surface area contributed by atoms with E-state index in [2.05, 4.69) is 6.92 Å². The minimum Gasteiger partial charge on any atom is -0.266 e. The van der Waals surface area contributed by atoms with Gasteiger partial charge in [-0.15, -0.1) is 0 Å². The Bertz CT molecular complexity index is 830. The Balaban J connectivity index is 0.00000512. The summed E-state index contributed by atoms with van der Waals surface area (Å²) in [7, 11) is -3.71. The molecule has 2 aromatic carbocycles. The molecule has 32 heavy (non-hydrogen) atoms. The fraction of sp³-hybridized carbons (Fsp3) is 0.630. The summed E-state index contributed by atoms with van der Waals surface area (Å²) in [5, 5.41) is 1.64. The molecule has 0 heterocycles. The summed E-state index contributed by atoms with van der Waals surface area (Å²) in [6.45, 7) is 2.54. The smallest absolute Gasteiger partial charge is 0.266 e. The first-order valence-corrected chi connectivity index (χ1v) is 13.9. The van der Waals surface area contributed by atoms with E-state index in [-0.39, 0.29) is 41.1 Å². The Morgan fingerprint density at radius 3 is 1.66 bits per heavy atom. The molecule has 2 rings (SSSR count). The van der Waals surface area contributed by atoms with Crippen LogP contribution in [0.15, 0.2) is 47.4 Å². The Kier molecular flexibility index (Phi) is 16.7. The molecule has 0 aliphatic carbocycles. The second-order valence-corrected chi connectivity index (χ2v) is 10.3. The van der Waals surface area contributed by atoms with Gasteiger partial charge in [0.05, 0.1) is 6.61 Å². The van der Waals surface area contributed by atoms with Crippen molar-refractivity contribution in [3.63, 3.8) is 0 Å². The van der Waals surface area contributed by atoms with Gasteiger partial charge in [-0.2, -0.15) is 8.42 Å². The fourth-order valence-electron chi connectivity index (χ4n) is 4.12. The molecule has 0 N–H and O–H groups in total. The topological polar surface area (TPSA) is 43.4 Å². The van der Waals surface area contributed by atoms with E-state index in [0.29, 0.717) is 0 Å². The minimum absolute atomic E-state index is 0. The Labute approximate surface area is 219 Å². The molecule has 1 radical (unpaired) electrons. The van der Waals surface area contributed by atoms with Gasteiger partial charge in [-0.3, -0.25) is 4.18 Å². The third-order valence-corrected chi connectivity index (χ3v) is 7.38. The minimum atomic E-state index is -3.71. The summed E-state index contributed by atoms with van der Waals surface area (Å²) < 4.78 is 30.5. The molecule has 0 aliphatic rings. The van der Waals surface area contributed by atoms with Gasteiger partial charge in [-0.05, 0) is 17.9 Å². The van der Waals surface area contributed by atoms with Crippen LogP contribution in [-0.4, -0.2) is 44.6 Å². The van der Waals surface area contributed by atoms with Crippen molar-refractivity contribution in [1.29, 1.82) is 0 Å². The van der Waals surface area contributed by atoms with Crippen molar-refractivity contribution in [3.8, 4) is 0 Å². The van der Waals surface area contributed by atoms with Crippen molar-refractivity contribution in [2.75, 3.05) is 6.61 Å². The molecule has 0 aliphatic heterocycles. The van der Waals surface area contributed by atoms with Gasteiger partial charge in [0.25, 0.3) is 10.1 Å². The van der Waals surface area contributed by atoms with Crippen LogP contribution in [0.25, 0.3) is 10.8 Å². The second-order valence-electron chi connectivity index (χ2n) is 8.70. The standard InChI is InChI=1S/C27H42O3S.Na/c1-2-3-4-5-6-7-8-9-10-11-12-13-14-15-18-24-30-31(28,29)27-23-19-21-25-20-16-17-22-26(25)27;/h16-17,19-23H,2-15,18,24H2,1H3;. The number of rotatable bonds is 18. The van der Waals surface area contributed by atoms with Gasteiger partial charge in [0.2, 0.25) is 0 Å². The third kappa shape index (κ3) is 11.7. The molecular weight excluding hydrogens is 427 g/mol. The molecule has 2 aromatic rings. The first kappa shape index (κ1) is 29.6. The number of fused-ring (bicyclic) bond motifs is 1. The van der Waals surface area contributed by atoms with Crippen molar-refractivity contribution in [3.05, 3.63) is 42.5 Å². The van der Waals surface area contributed by atoms with Crippen LogP contribution in [0.4, 0.5) is 0 Å². The number of hydrogen-bond donors (Lipinski definition) is 0. The summed E-state index contributed by atoms with van der Waals surface area (Å²) in [5.41, 5.74) is 0. The Morgan fingerprint density at radius 2 is 1.09 bits per heavy atom. The van der Waals surface area contributed by atoms with Crippen molar-refractivity contribution in [1.82, 2.24) is 0 Å². The molecule has 0 aromatic heterocycles. The van der Waals surface area contributed by atoms with Crippen molar-refractivity contribution < 1.29 is 12.6 Å². The predicted octanol–water partition coefficient (Wildman–Crippen LogP) is 8.04. The van der Waals surface area contributed by atoms with E-state index < -0.39 is 10.1 Å². The maximum absolute atomic E-state index is 12.6. The maximum Gasteiger partial charge on any atom is 0.297 e. The average Bonchev–Trinajstić information content (AvgIpc) is 2.78. The van der Waals surface area contributed by atoms with Crippen LogP contribution in [0.2, 0.25) is 0 Å². The van der Waals surface area contributed by atoms with Crippen molar-refractivity contribution in [2.45, 2.75) is 108 Å². The molecule has 0 amide bonds. The molecule has 5 heteroatoms. The predicted molar refractivity (Wildman–Crippen MR) is 138 cm³/mol. The molecule has 0 unspecified atom stereocenters. The molecule has 0 bridgehead atoms. The molecule has 0 atom stereocenters. The van der Waals surface area contributed by atoms with Crippen LogP contribution >= 0.6 is 0 Å². The van der Waals surface area contributed by atoms with E-state index in [4.69, 9.17) is 4.18 Å². The average molecular weight is 470 g/mol. The summed E-state index contributed by atoms with van der Waals surface area (Å²) >= 11 is 0. The van der Waals surface area contributed by atoms with Gasteiger partial charge < -0.3 is 0 Å². The van der Waals surface area contributed by atoms with E-state index in [1.54, 1.807) is 12.1 Å². The molecule has 175 valence electrons. The second kappa shape index (κ2) is 18.0. The fourth-order valence-corrected chi connectivity index (χ4v) is 5.28. The van der Waals surface area contributed by atoms with E-state index in [1.807, 2.05) is 30.3 Å². The molecule has 0 fully saturated rings. The molecule has 3 nitrogen and oxygen atoms in total. The van der Waals surface area contributed by atoms with Crippen LogP contribution < -0.4 is 0 Å². The SMILES string of the molecule is CCCCCCCCCCCCCCCCCOS(=O)(=O)c1cccc2ccccc12.[Na]. The van der Waals surface area contributed by atoms with Gasteiger partial charge in [-0.25, -0.2) is 0 Å². The zero-order valence-electron chi connectivity index (χ0n) is 20.5. The Morgan fingerprint density at radius 1 is 0.625 bits per heavy atom. The summed E-state index contributed by atoms with van der Waals surface area (Å²) in [6, 6.07) is 12.8. The summed E-state index contributed by atoms with van der Waals surface area (Å²) in [4.78, 5) is 0.270. The van der Waals surface area contributed by atoms with E-state index in [0.717, 1.165) is 30.0 Å². The van der Waals surface area contributed by atoms with Gasteiger partial charge in [0, 0.05) is 34.9 Å². The molecule has 0 spiro atoms. The molecular formula is C27H42NaO3S. The van der Waals surface area contributed by atoms with Crippen LogP contribution in [-0.2, 0) is 14.3 Å². The van der Waals surface area contributed by atoms with Crippen LogP contribution in [0, 0.1) is 0 Å². The zero-order valence-corrected chi connectivity index (χ0v) is 23.3. The summed E-state index contributed by atoms with van der Waals surface area (Å²) in [6.07, 6.45) is 19.4. The third-order valence-electron chi connectivity index (χ3n) is 6.01. The molecule has 0 saturated carbocycles.